The molecule has 0 unspecified atom stereocenters. The molecule has 0 bridgehead atoms. The summed E-state index contributed by atoms with van der Waals surface area (Å²) in [5.74, 6) is 0. The molecule has 1 aliphatic rings. The SMILES string of the molecule is CC.CC(C)OC1CCC(O)CC1. The monoisotopic (exact) mass is 188 g/mol. The number of hydrogen-bond donors (Lipinski definition) is 1. The van der Waals surface area contributed by atoms with Crippen molar-refractivity contribution in [3.8, 4) is 0 Å². The first kappa shape index (κ1) is 12.9. The maximum atomic E-state index is 9.21. The van der Waals surface area contributed by atoms with E-state index in [0.29, 0.717) is 12.2 Å². The molecule has 0 aromatic rings. The normalized spacial score (nSPS) is 28.2. The fourth-order valence-corrected chi connectivity index (χ4v) is 1.57. The van der Waals surface area contributed by atoms with Crippen LogP contribution in [0.15, 0.2) is 0 Å². The van der Waals surface area contributed by atoms with Crippen molar-refractivity contribution >= 4 is 0 Å². The maximum Gasteiger partial charge on any atom is 0.0580 e. The van der Waals surface area contributed by atoms with Crippen LogP contribution in [0.2, 0.25) is 0 Å². The summed E-state index contributed by atoms with van der Waals surface area (Å²) >= 11 is 0. The molecule has 1 fully saturated rings. The summed E-state index contributed by atoms with van der Waals surface area (Å²) in [6, 6.07) is 0. The number of rotatable bonds is 2. The minimum absolute atomic E-state index is 0.0676. The van der Waals surface area contributed by atoms with Gasteiger partial charge < -0.3 is 9.84 Å². The van der Waals surface area contributed by atoms with Crippen molar-refractivity contribution in [3.63, 3.8) is 0 Å². The van der Waals surface area contributed by atoms with Crippen LogP contribution in [0.4, 0.5) is 0 Å². The van der Waals surface area contributed by atoms with Gasteiger partial charge in [-0.3, -0.25) is 0 Å². The summed E-state index contributed by atoms with van der Waals surface area (Å²) < 4.78 is 5.63. The van der Waals surface area contributed by atoms with Crippen molar-refractivity contribution in [1.82, 2.24) is 0 Å². The first-order valence-electron chi connectivity index (χ1n) is 5.52. The third-order valence-corrected chi connectivity index (χ3v) is 2.11. The van der Waals surface area contributed by atoms with Gasteiger partial charge in [-0.05, 0) is 39.5 Å². The first-order chi connectivity index (χ1) is 6.18. The van der Waals surface area contributed by atoms with E-state index in [1.807, 2.05) is 13.8 Å². The van der Waals surface area contributed by atoms with Crippen molar-refractivity contribution in [2.24, 2.45) is 0 Å². The lowest BCUT2D eigenvalue weighted by Gasteiger charge is -2.26. The van der Waals surface area contributed by atoms with Gasteiger partial charge in [0.1, 0.15) is 0 Å². The Morgan fingerprint density at radius 2 is 1.54 bits per heavy atom. The second-order valence-corrected chi connectivity index (χ2v) is 3.62. The van der Waals surface area contributed by atoms with Gasteiger partial charge in [0.15, 0.2) is 0 Å². The number of ether oxygens (including phenoxy) is 1. The van der Waals surface area contributed by atoms with Crippen LogP contribution in [0.1, 0.15) is 53.4 Å². The van der Waals surface area contributed by atoms with Gasteiger partial charge in [-0.25, -0.2) is 0 Å². The minimum Gasteiger partial charge on any atom is -0.393 e. The average molecular weight is 188 g/mol. The molecule has 0 heterocycles. The molecule has 0 aromatic carbocycles. The highest BCUT2D eigenvalue weighted by atomic mass is 16.5. The maximum absolute atomic E-state index is 9.21. The molecule has 0 saturated heterocycles. The van der Waals surface area contributed by atoms with Crippen LogP contribution in [0.25, 0.3) is 0 Å². The van der Waals surface area contributed by atoms with Gasteiger partial charge in [0.25, 0.3) is 0 Å². The molecule has 0 radical (unpaired) electrons. The topological polar surface area (TPSA) is 29.5 Å². The summed E-state index contributed by atoms with van der Waals surface area (Å²) in [5, 5.41) is 9.21. The Kier molecular flexibility index (Phi) is 7.29. The second kappa shape index (κ2) is 7.34. The lowest BCUT2D eigenvalue weighted by atomic mass is 9.95. The van der Waals surface area contributed by atoms with Crippen LogP contribution in [-0.4, -0.2) is 23.4 Å². The molecule has 1 N–H and O–H groups in total. The van der Waals surface area contributed by atoms with E-state index in [0.717, 1.165) is 25.7 Å². The largest absolute Gasteiger partial charge is 0.393 e. The van der Waals surface area contributed by atoms with Gasteiger partial charge in [-0.15, -0.1) is 0 Å². The Labute approximate surface area is 82.3 Å². The van der Waals surface area contributed by atoms with Gasteiger partial charge in [-0.1, -0.05) is 13.8 Å². The third kappa shape index (κ3) is 6.05. The molecule has 1 aliphatic carbocycles. The highest BCUT2D eigenvalue weighted by Gasteiger charge is 2.20. The van der Waals surface area contributed by atoms with Crippen LogP contribution in [0, 0.1) is 0 Å². The van der Waals surface area contributed by atoms with Crippen molar-refractivity contribution in [2.75, 3.05) is 0 Å². The summed E-state index contributed by atoms with van der Waals surface area (Å²) in [6.45, 7) is 8.12. The Bertz CT molecular complexity index is 105. The van der Waals surface area contributed by atoms with E-state index in [9.17, 15) is 5.11 Å². The number of hydrogen-bond acceptors (Lipinski definition) is 2. The van der Waals surface area contributed by atoms with Gasteiger partial charge in [0.2, 0.25) is 0 Å². The van der Waals surface area contributed by atoms with Crippen LogP contribution in [-0.2, 0) is 4.74 Å². The molecule has 1 rings (SSSR count). The van der Waals surface area contributed by atoms with Crippen LogP contribution in [0.5, 0.6) is 0 Å². The van der Waals surface area contributed by atoms with Gasteiger partial charge in [-0.2, -0.15) is 0 Å². The van der Waals surface area contributed by atoms with E-state index in [1.165, 1.54) is 0 Å². The smallest absolute Gasteiger partial charge is 0.0580 e. The molecule has 80 valence electrons. The molecule has 0 atom stereocenters. The summed E-state index contributed by atoms with van der Waals surface area (Å²) in [7, 11) is 0. The first-order valence-corrected chi connectivity index (χ1v) is 5.52. The van der Waals surface area contributed by atoms with Crippen LogP contribution < -0.4 is 0 Å². The summed E-state index contributed by atoms with van der Waals surface area (Å²) in [6.07, 6.45) is 4.55. The Morgan fingerprint density at radius 1 is 1.08 bits per heavy atom. The van der Waals surface area contributed by atoms with Crippen LogP contribution >= 0.6 is 0 Å². The van der Waals surface area contributed by atoms with E-state index in [-0.39, 0.29) is 6.10 Å². The van der Waals surface area contributed by atoms with E-state index >= 15 is 0 Å². The lowest BCUT2D eigenvalue weighted by molar-refractivity contribution is -0.0335. The molecule has 0 aliphatic heterocycles. The predicted octanol–water partition coefficient (Wildman–Crippen LogP) is 2.74. The second-order valence-electron chi connectivity index (χ2n) is 3.62. The Hall–Kier alpha value is -0.0800. The van der Waals surface area contributed by atoms with Crippen molar-refractivity contribution < 1.29 is 9.84 Å². The average Bonchev–Trinajstić information content (AvgIpc) is 2.12. The van der Waals surface area contributed by atoms with Crippen LogP contribution in [0.3, 0.4) is 0 Å². The fraction of sp³-hybridized carbons (Fsp3) is 1.00. The van der Waals surface area contributed by atoms with Gasteiger partial charge >= 0.3 is 0 Å². The molecule has 2 heteroatoms. The zero-order valence-corrected chi connectivity index (χ0v) is 9.42. The molecule has 2 nitrogen and oxygen atoms in total. The van der Waals surface area contributed by atoms with Gasteiger partial charge in [0.05, 0.1) is 18.3 Å². The molecule has 0 amide bonds. The van der Waals surface area contributed by atoms with Crippen molar-refractivity contribution in [2.45, 2.75) is 71.7 Å². The van der Waals surface area contributed by atoms with Gasteiger partial charge in [0, 0.05) is 0 Å². The van der Waals surface area contributed by atoms with E-state index in [2.05, 4.69) is 13.8 Å². The zero-order chi connectivity index (χ0) is 10.3. The zero-order valence-electron chi connectivity index (χ0n) is 9.42. The molecule has 0 spiro atoms. The predicted molar refractivity (Wildman–Crippen MR) is 55.8 cm³/mol. The quantitative estimate of drug-likeness (QED) is 0.722. The lowest BCUT2D eigenvalue weighted by Crippen LogP contribution is -2.26. The number of aliphatic hydroxyl groups is 1. The highest BCUT2D eigenvalue weighted by molar-refractivity contribution is 4.71. The fourth-order valence-electron chi connectivity index (χ4n) is 1.57. The summed E-state index contributed by atoms with van der Waals surface area (Å²) in [4.78, 5) is 0. The minimum atomic E-state index is -0.0676. The Morgan fingerprint density at radius 3 is 1.92 bits per heavy atom. The molecular formula is C11H24O2. The van der Waals surface area contributed by atoms with E-state index in [4.69, 9.17) is 4.74 Å². The number of aliphatic hydroxyl groups excluding tert-OH is 1. The van der Waals surface area contributed by atoms with E-state index in [1.54, 1.807) is 0 Å². The molecule has 1 saturated carbocycles. The standard InChI is InChI=1S/C9H18O2.C2H6/c1-7(2)11-9-5-3-8(10)4-6-9;1-2/h7-10H,3-6H2,1-2H3;1-2H3. The summed E-state index contributed by atoms with van der Waals surface area (Å²) in [5.41, 5.74) is 0. The Balaban J connectivity index is 0.000000671. The highest BCUT2D eigenvalue weighted by Crippen LogP contribution is 2.21. The molecule has 0 aromatic heterocycles. The van der Waals surface area contributed by atoms with Crippen molar-refractivity contribution in [3.05, 3.63) is 0 Å². The molecule has 13 heavy (non-hydrogen) atoms. The molecular weight excluding hydrogens is 164 g/mol. The third-order valence-electron chi connectivity index (χ3n) is 2.11. The van der Waals surface area contributed by atoms with E-state index < -0.39 is 0 Å². The van der Waals surface area contributed by atoms with Crippen molar-refractivity contribution in [1.29, 1.82) is 0 Å².